The molecule has 0 spiro atoms. The first-order valence-electron chi connectivity index (χ1n) is 5.91. The highest BCUT2D eigenvalue weighted by Crippen LogP contribution is 2.28. The summed E-state index contributed by atoms with van der Waals surface area (Å²) >= 11 is 14.7. The van der Waals surface area contributed by atoms with E-state index in [-0.39, 0.29) is 6.42 Å². The second kappa shape index (κ2) is 7.89. The Kier molecular flexibility index (Phi) is 6.17. The third-order valence-corrected chi connectivity index (χ3v) is 4.89. The van der Waals surface area contributed by atoms with E-state index in [1.165, 1.54) is 23.1 Å². The molecule has 0 unspecified atom stereocenters. The average Bonchev–Trinajstić information content (AvgIpc) is 2.83. The number of aromatic nitrogens is 1. The maximum Gasteiger partial charge on any atom is 0.309 e. The fourth-order valence-corrected chi connectivity index (χ4v) is 3.66. The molecule has 21 heavy (non-hydrogen) atoms. The number of hydrogen-bond donors (Lipinski definition) is 1. The summed E-state index contributed by atoms with van der Waals surface area (Å²) < 4.78 is 6.39. The molecule has 0 radical (unpaired) electrons. The predicted octanol–water partition coefficient (Wildman–Crippen LogP) is 4.25. The summed E-state index contributed by atoms with van der Waals surface area (Å²) in [5.74, 6) is 0.406. The largest absolute Gasteiger partial charge is 0.491 e. The van der Waals surface area contributed by atoms with Gasteiger partial charge in [-0.25, -0.2) is 4.98 Å². The third kappa shape index (κ3) is 5.39. The molecule has 0 saturated carbocycles. The summed E-state index contributed by atoms with van der Waals surface area (Å²) in [6.45, 7) is 0.472. The summed E-state index contributed by atoms with van der Waals surface area (Å²) in [4.78, 5) is 14.8. The van der Waals surface area contributed by atoms with Crippen molar-refractivity contribution < 1.29 is 14.6 Å². The maximum absolute atomic E-state index is 10.6. The number of carbonyl (C=O) groups is 1. The monoisotopic (exact) mass is 363 g/mol. The second-order valence-corrected chi connectivity index (χ2v) is 6.99. The molecule has 0 amide bonds. The zero-order valence-corrected chi connectivity index (χ0v) is 13.9. The molecule has 0 aliphatic carbocycles. The normalized spacial score (nSPS) is 10.6. The number of carboxylic acids is 1. The first-order chi connectivity index (χ1) is 10.0. The highest BCUT2D eigenvalue weighted by molar-refractivity contribution is 8.01. The van der Waals surface area contributed by atoms with Crippen molar-refractivity contribution in [2.75, 3.05) is 12.4 Å². The van der Waals surface area contributed by atoms with E-state index in [4.69, 9.17) is 33.0 Å². The summed E-state index contributed by atoms with van der Waals surface area (Å²) in [5, 5.41) is 11.5. The first-order valence-corrected chi connectivity index (χ1v) is 8.53. The van der Waals surface area contributed by atoms with Crippen LogP contribution in [0.5, 0.6) is 5.75 Å². The summed E-state index contributed by atoms with van der Waals surface area (Å²) in [6, 6.07) is 5.07. The molecule has 0 bridgehead atoms. The Bertz CT molecular complexity index is 634. The van der Waals surface area contributed by atoms with Crippen LogP contribution in [0.3, 0.4) is 0 Å². The lowest BCUT2D eigenvalue weighted by molar-refractivity contribution is -0.136. The third-order valence-electron chi connectivity index (χ3n) is 2.32. The molecule has 0 fully saturated rings. The Morgan fingerprint density at radius 1 is 1.43 bits per heavy atom. The number of aliphatic carboxylic acids is 1. The minimum absolute atomic E-state index is 0.0477. The van der Waals surface area contributed by atoms with Crippen LogP contribution >= 0.6 is 46.3 Å². The van der Waals surface area contributed by atoms with E-state index in [0.29, 0.717) is 33.8 Å². The molecule has 8 heteroatoms. The van der Waals surface area contributed by atoms with Gasteiger partial charge in [-0.2, -0.15) is 0 Å². The van der Waals surface area contributed by atoms with E-state index in [0.717, 1.165) is 4.34 Å². The predicted molar refractivity (Wildman–Crippen MR) is 86.1 cm³/mol. The topological polar surface area (TPSA) is 59.4 Å². The Hall–Kier alpha value is -0.950. The van der Waals surface area contributed by atoms with Gasteiger partial charge in [-0.1, -0.05) is 35.0 Å². The lowest BCUT2D eigenvalue weighted by atomic mass is 10.3. The Morgan fingerprint density at radius 2 is 2.24 bits per heavy atom. The second-order valence-electron chi connectivity index (χ2n) is 3.95. The van der Waals surface area contributed by atoms with Crippen LogP contribution in [0.25, 0.3) is 0 Å². The molecule has 4 nitrogen and oxygen atoms in total. The Labute approximate surface area is 140 Å². The van der Waals surface area contributed by atoms with Crippen LogP contribution in [0.4, 0.5) is 0 Å². The Morgan fingerprint density at radius 3 is 2.95 bits per heavy atom. The number of nitrogens with zero attached hydrogens (tertiary/aromatic N) is 1. The standard InChI is InChI=1S/C13H11Cl2NO3S2/c14-8-1-2-11(10(15)5-8)19-3-4-20-13-16-9(7-21-13)6-12(17)18/h1-2,5,7H,3-4,6H2,(H,17,18). The molecular formula is C13H11Cl2NO3S2. The zero-order chi connectivity index (χ0) is 15.2. The van der Waals surface area contributed by atoms with Gasteiger partial charge in [0.1, 0.15) is 10.1 Å². The summed E-state index contributed by atoms with van der Waals surface area (Å²) in [5.41, 5.74) is 0.580. The molecule has 1 heterocycles. The molecule has 2 rings (SSSR count). The molecule has 1 N–H and O–H groups in total. The lowest BCUT2D eigenvalue weighted by Gasteiger charge is -2.07. The molecule has 0 aliphatic heterocycles. The molecule has 0 atom stereocenters. The van der Waals surface area contributed by atoms with Crippen molar-refractivity contribution >= 4 is 52.3 Å². The quantitative estimate of drug-likeness (QED) is 0.588. The van der Waals surface area contributed by atoms with Crippen molar-refractivity contribution in [2.24, 2.45) is 0 Å². The van der Waals surface area contributed by atoms with Crippen molar-refractivity contribution in [3.05, 3.63) is 39.3 Å². The van der Waals surface area contributed by atoms with Gasteiger partial charge in [-0.05, 0) is 18.2 Å². The van der Waals surface area contributed by atoms with Gasteiger partial charge in [-0.15, -0.1) is 11.3 Å². The van der Waals surface area contributed by atoms with Crippen molar-refractivity contribution in [3.8, 4) is 5.75 Å². The molecule has 1 aromatic carbocycles. The number of rotatable bonds is 7. The lowest BCUT2D eigenvalue weighted by Crippen LogP contribution is -2.01. The van der Waals surface area contributed by atoms with Crippen LogP contribution in [0.15, 0.2) is 27.9 Å². The number of carboxylic acid groups (broad SMARTS) is 1. The van der Waals surface area contributed by atoms with Crippen LogP contribution in [0.2, 0.25) is 10.0 Å². The van der Waals surface area contributed by atoms with Crippen molar-refractivity contribution in [3.63, 3.8) is 0 Å². The molecule has 0 aliphatic rings. The smallest absolute Gasteiger partial charge is 0.309 e. The Balaban J connectivity index is 1.76. The highest BCUT2D eigenvalue weighted by Gasteiger charge is 2.07. The van der Waals surface area contributed by atoms with Crippen LogP contribution in [0.1, 0.15) is 5.69 Å². The summed E-state index contributed by atoms with van der Waals surface area (Å²) in [6.07, 6.45) is -0.0477. The van der Waals surface area contributed by atoms with Gasteiger partial charge in [0.05, 0.1) is 23.7 Å². The van der Waals surface area contributed by atoms with Crippen molar-refractivity contribution in [2.45, 2.75) is 10.8 Å². The van der Waals surface area contributed by atoms with Crippen LogP contribution < -0.4 is 4.74 Å². The van der Waals surface area contributed by atoms with Gasteiger partial charge in [0.15, 0.2) is 0 Å². The van der Waals surface area contributed by atoms with E-state index in [1.54, 1.807) is 23.6 Å². The van der Waals surface area contributed by atoms with Gasteiger partial charge in [0, 0.05) is 16.2 Å². The van der Waals surface area contributed by atoms with Crippen molar-refractivity contribution in [1.29, 1.82) is 0 Å². The van der Waals surface area contributed by atoms with E-state index >= 15 is 0 Å². The summed E-state index contributed by atoms with van der Waals surface area (Å²) in [7, 11) is 0. The minimum Gasteiger partial charge on any atom is -0.491 e. The van der Waals surface area contributed by atoms with E-state index in [1.807, 2.05) is 0 Å². The number of thiazole rings is 1. The molecule has 0 saturated heterocycles. The van der Waals surface area contributed by atoms with E-state index in [9.17, 15) is 4.79 Å². The van der Waals surface area contributed by atoms with E-state index < -0.39 is 5.97 Å². The van der Waals surface area contributed by atoms with Gasteiger partial charge in [0.25, 0.3) is 0 Å². The maximum atomic E-state index is 10.6. The highest BCUT2D eigenvalue weighted by atomic mass is 35.5. The van der Waals surface area contributed by atoms with Crippen LogP contribution in [-0.2, 0) is 11.2 Å². The molecule has 1 aromatic heterocycles. The number of halogens is 2. The fraction of sp³-hybridized carbons (Fsp3) is 0.231. The average molecular weight is 364 g/mol. The molecule has 2 aromatic rings. The van der Waals surface area contributed by atoms with Gasteiger partial charge in [-0.3, -0.25) is 4.79 Å². The van der Waals surface area contributed by atoms with Gasteiger partial charge < -0.3 is 9.84 Å². The number of hydrogen-bond acceptors (Lipinski definition) is 5. The minimum atomic E-state index is -0.877. The van der Waals surface area contributed by atoms with E-state index in [2.05, 4.69) is 4.98 Å². The fourth-order valence-electron chi connectivity index (χ4n) is 1.46. The molecular weight excluding hydrogens is 353 g/mol. The zero-order valence-electron chi connectivity index (χ0n) is 10.7. The first kappa shape index (κ1) is 16.4. The number of ether oxygens (including phenoxy) is 1. The van der Waals surface area contributed by atoms with Gasteiger partial charge >= 0.3 is 5.97 Å². The SMILES string of the molecule is O=C(O)Cc1csc(SCCOc2ccc(Cl)cc2Cl)n1. The number of benzene rings is 1. The van der Waals surface area contributed by atoms with Crippen LogP contribution in [-0.4, -0.2) is 28.4 Å². The van der Waals surface area contributed by atoms with Crippen LogP contribution in [0, 0.1) is 0 Å². The van der Waals surface area contributed by atoms with Gasteiger partial charge in [0.2, 0.25) is 0 Å². The van der Waals surface area contributed by atoms with Crippen molar-refractivity contribution in [1.82, 2.24) is 4.98 Å². The number of thioether (sulfide) groups is 1. The molecule has 112 valence electrons.